The van der Waals surface area contributed by atoms with E-state index in [0.717, 1.165) is 43.5 Å². The van der Waals surface area contributed by atoms with Crippen LogP contribution < -0.4 is 10.6 Å². The van der Waals surface area contributed by atoms with Crippen LogP contribution >= 0.6 is 0 Å². The summed E-state index contributed by atoms with van der Waals surface area (Å²) in [7, 11) is 0. The van der Waals surface area contributed by atoms with E-state index in [0.29, 0.717) is 29.1 Å². The first-order valence-corrected chi connectivity index (χ1v) is 11.0. The Morgan fingerprint density at radius 2 is 2.19 bits per heavy atom. The van der Waals surface area contributed by atoms with Gasteiger partial charge in [0, 0.05) is 41.8 Å². The number of hydrogen-bond acceptors (Lipinski definition) is 5. The number of aryl methyl sites for hydroxylation is 1. The Kier molecular flexibility index (Phi) is 6.38. The van der Waals surface area contributed by atoms with Crippen LogP contribution in [0.15, 0.2) is 24.5 Å². The summed E-state index contributed by atoms with van der Waals surface area (Å²) in [6.07, 6.45) is 7.94. The molecule has 10 nitrogen and oxygen atoms in total. The summed E-state index contributed by atoms with van der Waals surface area (Å²) in [4.78, 5) is 31.9. The number of rotatable bonds is 8. The molecule has 4 N–H and O–H groups in total. The standard InChI is InChI=1S/C22H29N7O3/c1-13(24-22(31)32)3-4-15-5-6-16(9-15)18-11-19(28-27-18)26-20(30)10-17-12-29-8-7-14(2)23-21(29)25-17/h7-8,11-13,15-16,24H,3-6,9-10H2,1-2H3,(H,31,32)(H2,26,27,28,30)/t13-,15?,16?/m0/s1. The normalized spacial score (nSPS) is 19.2. The Morgan fingerprint density at radius 3 is 3.00 bits per heavy atom. The number of fused-ring (bicyclic) bond motifs is 1. The minimum Gasteiger partial charge on any atom is -0.465 e. The van der Waals surface area contributed by atoms with Crippen molar-refractivity contribution in [1.29, 1.82) is 0 Å². The van der Waals surface area contributed by atoms with Crippen molar-refractivity contribution < 1.29 is 14.7 Å². The fourth-order valence-corrected chi connectivity index (χ4v) is 4.44. The molecule has 0 aromatic carbocycles. The van der Waals surface area contributed by atoms with Gasteiger partial charge in [-0.1, -0.05) is 0 Å². The number of anilines is 1. The number of hydrogen-bond donors (Lipinski definition) is 4. The zero-order valence-electron chi connectivity index (χ0n) is 18.3. The lowest BCUT2D eigenvalue weighted by atomic mass is 9.96. The van der Waals surface area contributed by atoms with E-state index in [1.54, 1.807) is 4.40 Å². The van der Waals surface area contributed by atoms with E-state index in [9.17, 15) is 9.59 Å². The third kappa shape index (κ3) is 5.43. The van der Waals surface area contributed by atoms with E-state index in [1.165, 1.54) is 0 Å². The number of nitrogens with one attached hydrogen (secondary N) is 3. The predicted octanol–water partition coefficient (Wildman–Crippen LogP) is 3.26. The number of aromatic amines is 1. The fourth-order valence-electron chi connectivity index (χ4n) is 4.44. The van der Waals surface area contributed by atoms with Crippen molar-refractivity contribution >= 4 is 23.6 Å². The van der Waals surface area contributed by atoms with Crippen LogP contribution in [0.5, 0.6) is 0 Å². The van der Waals surface area contributed by atoms with Crippen molar-refractivity contribution in [3.63, 3.8) is 0 Å². The monoisotopic (exact) mass is 439 g/mol. The maximum atomic E-state index is 12.5. The summed E-state index contributed by atoms with van der Waals surface area (Å²) in [6, 6.07) is 3.77. The quantitative estimate of drug-likeness (QED) is 0.425. The Balaban J connectivity index is 1.27. The summed E-state index contributed by atoms with van der Waals surface area (Å²) in [6.45, 7) is 3.80. The van der Waals surface area contributed by atoms with E-state index in [2.05, 4.69) is 30.8 Å². The second-order valence-electron chi connectivity index (χ2n) is 8.75. The number of H-pyrrole nitrogens is 1. The van der Waals surface area contributed by atoms with Crippen LogP contribution in [-0.4, -0.2) is 47.7 Å². The lowest BCUT2D eigenvalue weighted by Gasteiger charge is -2.14. The molecule has 170 valence electrons. The fraction of sp³-hybridized carbons (Fsp3) is 0.500. The van der Waals surface area contributed by atoms with Crippen LogP contribution in [-0.2, 0) is 11.2 Å². The molecule has 0 spiro atoms. The van der Waals surface area contributed by atoms with Gasteiger partial charge < -0.3 is 15.7 Å². The van der Waals surface area contributed by atoms with Crippen molar-refractivity contribution in [2.75, 3.05) is 5.32 Å². The van der Waals surface area contributed by atoms with E-state index in [-0.39, 0.29) is 18.4 Å². The third-order valence-corrected chi connectivity index (χ3v) is 6.08. The Labute approximate surface area is 185 Å². The summed E-state index contributed by atoms with van der Waals surface area (Å²) < 4.78 is 1.80. The van der Waals surface area contributed by atoms with Gasteiger partial charge in [-0.05, 0) is 57.9 Å². The van der Waals surface area contributed by atoms with Crippen molar-refractivity contribution in [3.05, 3.63) is 41.6 Å². The number of nitrogens with zero attached hydrogens (tertiary/aromatic N) is 4. The van der Waals surface area contributed by atoms with Gasteiger partial charge in [0.15, 0.2) is 5.82 Å². The Bertz CT molecular complexity index is 1110. The smallest absolute Gasteiger partial charge is 0.404 e. The number of carbonyl (C=O) groups is 2. The number of amides is 2. The highest BCUT2D eigenvalue weighted by Crippen LogP contribution is 2.40. The van der Waals surface area contributed by atoms with Gasteiger partial charge in [-0.3, -0.25) is 14.3 Å². The first-order valence-electron chi connectivity index (χ1n) is 11.0. The van der Waals surface area contributed by atoms with E-state index >= 15 is 0 Å². The first-order chi connectivity index (χ1) is 15.4. The molecule has 10 heteroatoms. The number of imidazole rings is 1. The van der Waals surface area contributed by atoms with Crippen LogP contribution in [0.2, 0.25) is 0 Å². The summed E-state index contributed by atoms with van der Waals surface area (Å²) in [5.41, 5.74) is 2.57. The summed E-state index contributed by atoms with van der Waals surface area (Å²) in [5.74, 6) is 1.89. The predicted molar refractivity (Wildman–Crippen MR) is 119 cm³/mol. The molecule has 2 amide bonds. The maximum absolute atomic E-state index is 12.5. The Hall–Kier alpha value is -3.43. The average molecular weight is 440 g/mol. The molecule has 0 radical (unpaired) electrons. The molecule has 1 fully saturated rings. The highest BCUT2D eigenvalue weighted by Gasteiger charge is 2.27. The van der Waals surface area contributed by atoms with Gasteiger partial charge in [-0.15, -0.1) is 0 Å². The lowest BCUT2D eigenvalue weighted by Crippen LogP contribution is -2.31. The molecule has 3 heterocycles. The van der Waals surface area contributed by atoms with Crippen molar-refractivity contribution in [2.24, 2.45) is 5.92 Å². The van der Waals surface area contributed by atoms with Gasteiger partial charge in [0.1, 0.15) is 0 Å². The zero-order chi connectivity index (χ0) is 22.7. The molecule has 3 atom stereocenters. The van der Waals surface area contributed by atoms with Crippen LogP contribution in [0.4, 0.5) is 10.6 Å². The van der Waals surface area contributed by atoms with Gasteiger partial charge in [-0.25, -0.2) is 14.8 Å². The van der Waals surface area contributed by atoms with E-state index in [1.807, 2.05) is 38.4 Å². The largest absolute Gasteiger partial charge is 0.465 e. The molecule has 0 aliphatic heterocycles. The molecule has 0 bridgehead atoms. The first kappa shape index (κ1) is 21.8. The van der Waals surface area contributed by atoms with Crippen LogP contribution in [0, 0.1) is 12.8 Å². The molecular formula is C22H29N7O3. The SMILES string of the molecule is Cc1ccn2cc(CC(=O)Nc3cc(C4CCC(CC[C@H](C)NC(=O)O)C4)[nH]n3)nc2n1. The van der Waals surface area contributed by atoms with Crippen molar-refractivity contribution in [2.45, 2.75) is 64.3 Å². The lowest BCUT2D eigenvalue weighted by molar-refractivity contribution is -0.115. The molecule has 2 unspecified atom stereocenters. The molecule has 32 heavy (non-hydrogen) atoms. The minimum absolute atomic E-state index is 0.0340. The second kappa shape index (κ2) is 9.37. The van der Waals surface area contributed by atoms with E-state index < -0.39 is 6.09 Å². The van der Waals surface area contributed by atoms with E-state index in [4.69, 9.17) is 5.11 Å². The highest BCUT2D eigenvalue weighted by atomic mass is 16.4. The summed E-state index contributed by atoms with van der Waals surface area (Å²) >= 11 is 0. The molecule has 3 aromatic rings. The number of carboxylic acid groups (broad SMARTS) is 1. The van der Waals surface area contributed by atoms with Gasteiger partial charge >= 0.3 is 6.09 Å². The minimum atomic E-state index is -0.971. The number of aromatic nitrogens is 5. The Morgan fingerprint density at radius 1 is 1.34 bits per heavy atom. The molecular weight excluding hydrogens is 410 g/mol. The highest BCUT2D eigenvalue weighted by molar-refractivity contribution is 5.91. The van der Waals surface area contributed by atoms with Gasteiger partial charge in [0.25, 0.3) is 0 Å². The molecule has 0 saturated heterocycles. The van der Waals surface area contributed by atoms with Crippen LogP contribution in [0.25, 0.3) is 5.78 Å². The second-order valence-corrected chi connectivity index (χ2v) is 8.75. The third-order valence-electron chi connectivity index (χ3n) is 6.08. The number of carbonyl (C=O) groups excluding carboxylic acids is 1. The molecule has 4 rings (SSSR count). The summed E-state index contributed by atoms with van der Waals surface area (Å²) in [5, 5.41) is 21.5. The van der Waals surface area contributed by atoms with Gasteiger partial charge in [0.2, 0.25) is 11.7 Å². The van der Waals surface area contributed by atoms with Crippen molar-refractivity contribution in [1.82, 2.24) is 29.9 Å². The van der Waals surface area contributed by atoms with Crippen LogP contribution in [0.1, 0.15) is 62.0 Å². The average Bonchev–Trinajstić information content (AvgIpc) is 3.44. The van der Waals surface area contributed by atoms with Gasteiger partial charge in [-0.2, -0.15) is 5.10 Å². The molecule has 3 aromatic heterocycles. The van der Waals surface area contributed by atoms with Gasteiger partial charge in [0.05, 0.1) is 12.1 Å². The molecule has 1 aliphatic carbocycles. The maximum Gasteiger partial charge on any atom is 0.404 e. The molecule has 1 aliphatic rings. The van der Waals surface area contributed by atoms with Crippen LogP contribution in [0.3, 0.4) is 0 Å². The zero-order valence-corrected chi connectivity index (χ0v) is 18.3. The molecule has 1 saturated carbocycles. The topological polar surface area (TPSA) is 137 Å². The van der Waals surface area contributed by atoms with Crippen molar-refractivity contribution in [3.8, 4) is 0 Å².